The van der Waals surface area contributed by atoms with Crippen molar-refractivity contribution in [1.82, 2.24) is 4.90 Å². The van der Waals surface area contributed by atoms with Crippen molar-refractivity contribution in [2.75, 3.05) is 6.61 Å². The highest BCUT2D eigenvalue weighted by atomic mass is 28.4. The Bertz CT molecular complexity index is 478. The van der Waals surface area contributed by atoms with Crippen molar-refractivity contribution in [3.8, 4) is 0 Å². The van der Waals surface area contributed by atoms with Crippen LogP contribution in [0.2, 0.25) is 18.1 Å². The van der Waals surface area contributed by atoms with Gasteiger partial charge in [0.05, 0.1) is 12.6 Å². The Morgan fingerprint density at radius 2 is 1.74 bits per heavy atom. The van der Waals surface area contributed by atoms with Crippen molar-refractivity contribution in [2.45, 2.75) is 97.1 Å². The van der Waals surface area contributed by atoms with E-state index in [0.29, 0.717) is 12.6 Å². The van der Waals surface area contributed by atoms with Gasteiger partial charge < -0.3 is 9.16 Å². The summed E-state index contributed by atoms with van der Waals surface area (Å²) in [4.78, 5) is 14.6. The summed E-state index contributed by atoms with van der Waals surface area (Å²) >= 11 is 0. The van der Waals surface area contributed by atoms with Crippen LogP contribution in [0.15, 0.2) is 0 Å². The van der Waals surface area contributed by atoms with Gasteiger partial charge in [0.1, 0.15) is 5.60 Å². The van der Waals surface area contributed by atoms with Crippen LogP contribution in [0, 0.1) is 5.41 Å². The highest BCUT2D eigenvalue weighted by molar-refractivity contribution is 6.74. The number of hydrogen-bond acceptors (Lipinski definition) is 3. The molecule has 0 unspecified atom stereocenters. The summed E-state index contributed by atoms with van der Waals surface area (Å²) in [5.74, 6) is 0. The molecule has 0 N–H and O–H groups in total. The quantitative estimate of drug-likeness (QED) is 0.692. The number of carbonyl (C=O) groups excluding carboxylic acids is 1. The van der Waals surface area contributed by atoms with E-state index in [4.69, 9.17) is 9.16 Å². The number of fused-ring (bicyclic) bond motifs is 1. The fourth-order valence-corrected chi connectivity index (χ4v) is 4.22. The van der Waals surface area contributed by atoms with Gasteiger partial charge in [0.25, 0.3) is 0 Å². The molecule has 3 atom stereocenters. The lowest BCUT2D eigenvalue weighted by Crippen LogP contribution is -2.48. The number of hydrogen-bond donors (Lipinski definition) is 0. The van der Waals surface area contributed by atoms with Gasteiger partial charge in [0, 0.05) is 6.04 Å². The Kier molecular flexibility index (Phi) is 4.48. The highest BCUT2D eigenvalue weighted by Crippen LogP contribution is 2.59. The SMILES string of the molecule is CC(C)(C)OC(=O)N1[C@H](CO[Si](C)(C)C(C)(C)C)C[C@@]2(C)C[C@@H]12. The third kappa shape index (κ3) is 3.93. The molecule has 0 aromatic rings. The van der Waals surface area contributed by atoms with Crippen LogP contribution in [0.25, 0.3) is 0 Å². The summed E-state index contributed by atoms with van der Waals surface area (Å²) in [5.41, 5.74) is -0.172. The minimum Gasteiger partial charge on any atom is -0.444 e. The van der Waals surface area contributed by atoms with Crippen LogP contribution >= 0.6 is 0 Å². The number of amides is 1. The van der Waals surface area contributed by atoms with E-state index in [0.717, 1.165) is 12.8 Å². The minimum atomic E-state index is -1.79. The molecule has 1 amide bonds. The van der Waals surface area contributed by atoms with Crippen LogP contribution in [0.5, 0.6) is 0 Å². The van der Waals surface area contributed by atoms with Crippen molar-refractivity contribution in [2.24, 2.45) is 5.41 Å². The molecule has 1 aliphatic heterocycles. The fraction of sp³-hybridized carbons (Fsp3) is 0.944. The van der Waals surface area contributed by atoms with E-state index in [1.807, 2.05) is 25.7 Å². The molecule has 1 saturated heterocycles. The monoisotopic (exact) mass is 341 g/mol. The van der Waals surface area contributed by atoms with E-state index >= 15 is 0 Å². The molecule has 0 aromatic carbocycles. The first-order valence-electron chi connectivity index (χ1n) is 8.82. The van der Waals surface area contributed by atoms with E-state index in [-0.39, 0.29) is 22.6 Å². The Morgan fingerprint density at radius 3 is 2.22 bits per heavy atom. The Morgan fingerprint density at radius 1 is 1.17 bits per heavy atom. The zero-order valence-corrected chi connectivity index (χ0v) is 17.4. The van der Waals surface area contributed by atoms with Crippen molar-refractivity contribution < 1.29 is 14.0 Å². The van der Waals surface area contributed by atoms with Crippen LogP contribution in [0.1, 0.15) is 61.3 Å². The average molecular weight is 342 g/mol. The second-order valence-corrected chi connectivity index (χ2v) is 15.0. The third-order valence-corrected chi connectivity index (χ3v) is 10.3. The molecule has 0 spiro atoms. The first-order chi connectivity index (χ1) is 10.2. The van der Waals surface area contributed by atoms with Crippen molar-refractivity contribution in [1.29, 1.82) is 0 Å². The number of piperidine rings is 1. The zero-order valence-electron chi connectivity index (χ0n) is 16.4. The van der Waals surface area contributed by atoms with Crippen LogP contribution < -0.4 is 0 Å². The fourth-order valence-electron chi connectivity index (χ4n) is 3.18. The molecule has 2 rings (SSSR count). The predicted molar refractivity (Wildman–Crippen MR) is 96.1 cm³/mol. The highest BCUT2D eigenvalue weighted by Gasteiger charge is 2.63. The standard InChI is InChI=1S/C18H35NO3Si/c1-16(2,3)22-15(20)19-13(10-18(7)11-14(18)19)12-21-23(8,9)17(4,5)6/h13-14H,10-12H2,1-9H3/t13-,14+,18-/m0/s1. The van der Waals surface area contributed by atoms with Crippen molar-refractivity contribution in [3.63, 3.8) is 0 Å². The number of nitrogens with zero attached hydrogens (tertiary/aromatic N) is 1. The maximum atomic E-state index is 12.6. The van der Waals surface area contributed by atoms with Gasteiger partial charge in [-0.25, -0.2) is 4.79 Å². The minimum absolute atomic E-state index is 0.155. The molecule has 0 radical (unpaired) electrons. The van der Waals surface area contributed by atoms with E-state index in [9.17, 15) is 4.79 Å². The zero-order chi connectivity index (χ0) is 17.8. The van der Waals surface area contributed by atoms with E-state index in [1.54, 1.807) is 0 Å². The molecule has 5 heteroatoms. The molecule has 0 bridgehead atoms. The largest absolute Gasteiger partial charge is 0.444 e. The lowest BCUT2D eigenvalue weighted by molar-refractivity contribution is 0.0133. The maximum absolute atomic E-state index is 12.6. The van der Waals surface area contributed by atoms with E-state index in [2.05, 4.69) is 40.8 Å². The average Bonchev–Trinajstić information content (AvgIpc) is 2.85. The third-order valence-electron chi connectivity index (χ3n) is 5.78. The van der Waals surface area contributed by atoms with Crippen molar-refractivity contribution in [3.05, 3.63) is 0 Å². The maximum Gasteiger partial charge on any atom is 0.410 e. The Balaban J connectivity index is 2.04. The molecule has 1 saturated carbocycles. The van der Waals surface area contributed by atoms with Gasteiger partial charge >= 0.3 is 6.09 Å². The molecule has 134 valence electrons. The van der Waals surface area contributed by atoms with Crippen LogP contribution in [-0.2, 0) is 9.16 Å². The second kappa shape index (κ2) is 5.48. The molecule has 23 heavy (non-hydrogen) atoms. The normalized spacial score (nSPS) is 31.1. The summed E-state index contributed by atoms with van der Waals surface area (Å²) < 4.78 is 12.0. The molecule has 1 heterocycles. The predicted octanol–water partition coefficient (Wildman–Crippen LogP) is 4.80. The number of ether oxygens (including phenoxy) is 1. The molecule has 0 aromatic heterocycles. The molecule has 4 nitrogen and oxygen atoms in total. The van der Waals surface area contributed by atoms with Crippen LogP contribution in [-0.4, -0.2) is 43.6 Å². The van der Waals surface area contributed by atoms with Crippen molar-refractivity contribution >= 4 is 14.4 Å². The topological polar surface area (TPSA) is 38.8 Å². The van der Waals surface area contributed by atoms with Gasteiger partial charge in [-0.05, 0) is 57.2 Å². The summed E-state index contributed by atoms with van der Waals surface area (Å²) in [7, 11) is -1.79. The summed E-state index contributed by atoms with van der Waals surface area (Å²) in [6, 6.07) is 0.494. The van der Waals surface area contributed by atoms with Gasteiger partial charge in [-0.2, -0.15) is 0 Å². The van der Waals surface area contributed by atoms with Crippen LogP contribution in [0.3, 0.4) is 0 Å². The summed E-state index contributed by atoms with van der Waals surface area (Å²) in [6.45, 7) is 20.0. The Hall–Kier alpha value is -0.553. The van der Waals surface area contributed by atoms with Gasteiger partial charge in [-0.15, -0.1) is 0 Å². The number of likely N-dealkylation sites (tertiary alicyclic amines) is 1. The number of carbonyl (C=O) groups is 1. The summed E-state index contributed by atoms with van der Waals surface area (Å²) in [5, 5.41) is 0.190. The van der Waals surface area contributed by atoms with Gasteiger partial charge in [-0.1, -0.05) is 27.7 Å². The first-order valence-corrected chi connectivity index (χ1v) is 11.7. The first kappa shape index (κ1) is 18.8. The smallest absolute Gasteiger partial charge is 0.410 e. The summed E-state index contributed by atoms with van der Waals surface area (Å²) in [6.07, 6.45) is 1.96. The molecule has 2 aliphatic rings. The molecular weight excluding hydrogens is 306 g/mol. The van der Waals surface area contributed by atoms with Crippen LogP contribution in [0.4, 0.5) is 4.79 Å². The van der Waals surface area contributed by atoms with Gasteiger partial charge in [0.2, 0.25) is 0 Å². The molecular formula is C18H35NO3Si. The van der Waals surface area contributed by atoms with E-state index in [1.165, 1.54) is 0 Å². The lowest BCUT2D eigenvalue weighted by Gasteiger charge is -2.38. The second-order valence-electron chi connectivity index (χ2n) is 10.2. The van der Waals surface area contributed by atoms with Gasteiger partial charge in [-0.3, -0.25) is 4.90 Å². The lowest BCUT2D eigenvalue weighted by atomic mass is 10.0. The Labute approximate surface area is 143 Å². The molecule has 2 fully saturated rings. The van der Waals surface area contributed by atoms with E-state index < -0.39 is 13.9 Å². The van der Waals surface area contributed by atoms with Gasteiger partial charge in [0.15, 0.2) is 8.32 Å². The number of rotatable bonds is 3. The molecule has 1 aliphatic carbocycles.